The van der Waals surface area contributed by atoms with Gasteiger partial charge in [-0.05, 0) is 83.3 Å². The van der Waals surface area contributed by atoms with Gasteiger partial charge < -0.3 is 14.0 Å². The number of carbonyl (C=O) groups excluding carboxylic acids is 2. The topological polar surface area (TPSA) is 127 Å². The van der Waals surface area contributed by atoms with Gasteiger partial charge in [-0.1, -0.05) is 37.8 Å². The van der Waals surface area contributed by atoms with Gasteiger partial charge in [-0.15, -0.1) is 0 Å². The molecule has 3 aromatic rings. The van der Waals surface area contributed by atoms with E-state index in [-0.39, 0.29) is 23.7 Å². The van der Waals surface area contributed by atoms with Crippen LogP contribution in [0.2, 0.25) is 25.7 Å². The molecule has 0 unspecified atom stereocenters. The monoisotopic (exact) mass is 745 g/mol. The second kappa shape index (κ2) is 13.9. The number of ether oxygens (including phenoxy) is 2. The Bertz CT molecular complexity index is 1850. The van der Waals surface area contributed by atoms with E-state index < -0.39 is 71.5 Å². The number of imide groups is 1. The molecule has 0 spiro atoms. The van der Waals surface area contributed by atoms with Crippen LogP contribution in [0.3, 0.4) is 0 Å². The zero-order valence-corrected chi connectivity index (χ0v) is 32.1. The molecule has 1 aromatic heterocycles. The average molecular weight is 746 g/mol. The summed E-state index contributed by atoms with van der Waals surface area (Å²) in [6, 6.07) is 13.0. The number of alkyl halides is 3. The number of amides is 2. The first-order valence-corrected chi connectivity index (χ1v) is 21.8. The fourth-order valence-electron chi connectivity index (χ4n) is 5.84. The number of aromatic nitrogens is 2. The maximum Gasteiger partial charge on any atom is 0.416 e. The Morgan fingerprint density at radius 1 is 1.04 bits per heavy atom. The molecule has 1 aliphatic heterocycles. The van der Waals surface area contributed by atoms with Crippen LogP contribution in [0.1, 0.15) is 91.6 Å². The first kappa shape index (κ1) is 38.8. The molecular weight excluding hydrogens is 700 g/mol. The van der Waals surface area contributed by atoms with E-state index in [9.17, 15) is 32.2 Å². The Labute approximate surface area is 300 Å². The van der Waals surface area contributed by atoms with E-state index in [2.05, 4.69) is 30.4 Å². The van der Waals surface area contributed by atoms with Crippen molar-refractivity contribution in [3.63, 3.8) is 0 Å². The Hall–Kier alpha value is -3.42. The van der Waals surface area contributed by atoms with Gasteiger partial charge in [-0.2, -0.15) is 18.4 Å². The summed E-state index contributed by atoms with van der Waals surface area (Å²) in [6.45, 7) is 13.6. The molecule has 0 bridgehead atoms. The number of carbonyl (C=O) groups is 2. The minimum atomic E-state index is -4.67. The average Bonchev–Trinajstić information content (AvgIpc) is 3.69. The van der Waals surface area contributed by atoms with E-state index in [1.807, 2.05) is 0 Å². The van der Waals surface area contributed by atoms with Gasteiger partial charge in [0.2, 0.25) is 0 Å². The number of hydrogen-bond acceptors (Lipinski definition) is 7. The zero-order valence-electron chi connectivity index (χ0n) is 30.3. The van der Waals surface area contributed by atoms with Gasteiger partial charge in [0.1, 0.15) is 18.6 Å². The first-order valence-electron chi connectivity index (χ1n) is 16.9. The SMILES string of the molecule is CC(C)(C)[S@@](=O)N[C@@H](COC(C)(C)C(F)(F)F)c1nc2ccc([C@H](N3C(=O)c4ccccc4C3=O)C3(C#N)CC3)cc2n1COCC[Si](C)(C)C. The van der Waals surface area contributed by atoms with Crippen LogP contribution in [0.25, 0.3) is 11.0 Å². The normalized spacial score (nSPS) is 18.1. The molecule has 1 aliphatic carbocycles. The summed E-state index contributed by atoms with van der Waals surface area (Å²) in [7, 11) is -3.22. The molecule has 2 aromatic carbocycles. The molecule has 1 fully saturated rings. The van der Waals surface area contributed by atoms with Crippen molar-refractivity contribution in [3.05, 3.63) is 65.0 Å². The predicted octanol–water partition coefficient (Wildman–Crippen LogP) is 7.44. The van der Waals surface area contributed by atoms with Gasteiger partial charge in [-0.3, -0.25) is 14.5 Å². The third-order valence-electron chi connectivity index (χ3n) is 9.36. The highest BCUT2D eigenvalue weighted by atomic mass is 32.2. The first-order chi connectivity index (χ1) is 23.6. The molecule has 0 radical (unpaired) electrons. The Morgan fingerprint density at radius 2 is 1.65 bits per heavy atom. The quantitative estimate of drug-likeness (QED) is 0.103. The van der Waals surface area contributed by atoms with Crippen molar-refractivity contribution >= 4 is 41.9 Å². The molecule has 51 heavy (non-hydrogen) atoms. The van der Waals surface area contributed by atoms with E-state index >= 15 is 0 Å². The lowest BCUT2D eigenvalue weighted by Gasteiger charge is -2.31. The van der Waals surface area contributed by atoms with Crippen molar-refractivity contribution in [2.75, 3.05) is 13.2 Å². The van der Waals surface area contributed by atoms with Gasteiger partial charge in [0.15, 0.2) is 5.60 Å². The summed E-state index contributed by atoms with van der Waals surface area (Å²) in [6.07, 6.45) is -3.70. The molecule has 15 heteroatoms. The highest BCUT2D eigenvalue weighted by molar-refractivity contribution is 7.84. The van der Waals surface area contributed by atoms with Gasteiger partial charge in [0.05, 0.1) is 62.0 Å². The largest absolute Gasteiger partial charge is 0.416 e. The summed E-state index contributed by atoms with van der Waals surface area (Å²) >= 11 is 0. The number of nitrogens with zero attached hydrogens (tertiary/aromatic N) is 4. The minimum Gasteiger partial charge on any atom is -0.364 e. The summed E-state index contributed by atoms with van der Waals surface area (Å²) in [5.41, 5.74) is -1.47. The lowest BCUT2D eigenvalue weighted by molar-refractivity contribution is -0.265. The molecule has 3 atom stereocenters. The van der Waals surface area contributed by atoms with Crippen LogP contribution in [0.4, 0.5) is 13.2 Å². The fourth-order valence-corrected chi connectivity index (χ4v) is 7.39. The van der Waals surface area contributed by atoms with Crippen molar-refractivity contribution in [1.29, 1.82) is 5.26 Å². The molecule has 2 aliphatic rings. The predicted molar refractivity (Wildman–Crippen MR) is 191 cm³/mol. The van der Waals surface area contributed by atoms with Crippen molar-refractivity contribution in [1.82, 2.24) is 19.2 Å². The molecule has 2 heterocycles. The number of rotatable bonds is 14. The number of nitriles is 1. The van der Waals surface area contributed by atoms with Crippen molar-refractivity contribution in [2.45, 2.75) is 108 Å². The molecule has 0 saturated heterocycles. The van der Waals surface area contributed by atoms with E-state index in [0.717, 1.165) is 19.9 Å². The maximum atomic E-state index is 13.9. The number of nitrogens with one attached hydrogen (secondary N) is 1. The van der Waals surface area contributed by atoms with E-state index in [1.165, 1.54) is 4.90 Å². The summed E-state index contributed by atoms with van der Waals surface area (Å²) < 4.78 is 70.6. The number of benzene rings is 2. The van der Waals surface area contributed by atoms with Crippen molar-refractivity contribution in [2.24, 2.45) is 5.41 Å². The second-order valence-electron chi connectivity index (χ2n) is 16.1. The van der Waals surface area contributed by atoms with Crippen LogP contribution in [0.5, 0.6) is 0 Å². The van der Waals surface area contributed by atoms with Crippen LogP contribution in [-0.2, 0) is 27.2 Å². The number of imidazole rings is 1. The molecule has 1 saturated carbocycles. The lowest BCUT2D eigenvalue weighted by atomic mass is 9.89. The van der Waals surface area contributed by atoms with Crippen LogP contribution >= 0.6 is 0 Å². The standard InChI is InChI=1S/C36H46F3N5O5SSi/c1-33(2,3)50(47)42-27(20-49-34(4,5)36(37,38)39)30-41-26-14-13-23(19-28(26)43(30)22-48-17-18-51(6,7)8)29(35(21-40)15-16-35)44-31(45)24-11-9-10-12-25(24)32(44)46/h9-14,19,27,29,42H,15-18,20,22H2,1-8H3/t27-,29-,50+/m0/s1. The summed E-state index contributed by atoms with van der Waals surface area (Å²) in [5.74, 6) is -0.724. The Kier molecular flexibility index (Phi) is 10.5. The van der Waals surface area contributed by atoms with Crippen LogP contribution in [0, 0.1) is 16.7 Å². The van der Waals surface area contributed by atoms with Crippen molar-refractivity contribution in [3.8, 4) is 6.07 Å². The van der Waals surface area contributed by atoms with Gasteiger partial charge in [0.25, 0.3) is 11.8 Å². The third-order valence-corrected chi connectivity index (χ3v) is 12.7. The highest BCUT2D eigenvalue weighted by Gasteiger charge is 2.57. The smallest absolute Gasteiger partial charge is 0.364 e. The fraction of sp³-hybridized carbons (Fsp3) is 0.556. The number of hydrogen-bond donors (Lipinski definition) is 1. The van der Waals surface area contributed by atoms with Crippen LogP contribution < -0.4 is 4.72 Å². The van der Waals surface area contributed by atoms with Gasteiger partial charge in [-0.25, -0.2) is 13.9 Å². The van der Waals surface area contributed by atoms with E-state index in [0.29, 0.717) is 36.0 Å². The zero-order chi connectivity index (χ0) is 37.7. The number of fused-ring (bicyclic) bond motifs is 2. The summed E-state index contributed by atoms with van der Waals surface area (Å²) in [5, 5.41) is 10.4. The molecule has 1 N–H and O–H groups in total. The lowest BCUT2D eigenvalue weighted by Crippen LogP contribution is -2.45. The number of halogens is 3. The Balaban J connectivity index is 1.63. The molecule has 10 nitrogen and oxygen atoms in total. The molecular formula is C36H46F3N5O5SSi. The maximum absolute atomic E-state index is 13.9. The third kappa shape index (κ3) is 8.00. The van der Waals surface area contributed by atoms with E-state index in [4.69, 9.17) is 14.5 Å². The van der Waals surface area contributed by atoms with Gasteiger partial charge >= 0.3 is 6.18 Å². The molecule has 276 valence electrons. The molecule has 5 rings (SSSR count). The minimum absolute atomic E-state index is 0.0379. The van der Waals surface area contributed by atoms with Crippen molar-refractivity contribution < 1.29 is 36.4 Å². The molecule has 2 amide bonds. The second-order valence-corrected chi connectivity index (χ2v) is 23.7. The van der Waals surface area contributed by atoms with Crippen LogP contribution in [-0.4, -0.2) is 68.3 Å². The van der Waals surface area contributed by atoms with E-state index in [1.54, 1.807) is 67.8 Å². The van der Waals surface area contributed by atoms with Crippen LogP contribution in [0.15, 0.2) is 42.5 Å². The summed E-state index contributed by atoms with van der Waals surface area (Å²) in [4.78, 5) is 33.5. The Morgan fingerprint density at radius 3 is 2.16 bits per heavy atom. The highest BCUT2D eigenvalue weighted by Crippen LogP contribution is 2.58. The van der Waals surface area contributed by atoms with Gasteiger partial charge in [0, 0.05) is 14.7 Å².